The van der Waals surface area contributed by atoms with Crippen molar-refractivity contribution < 1.29 is 13.5 Å². The summed E-state index contributed by atoms with van der Waals surface area (Å²) < 4.78 is 31.0. The van der Waals surface area contributed by atoms with Crippen molar-refractivity contribution in [1.82, 2.24) is 9.97 Å². The van der Waals surface area contributed by atoms with Gasteiger partial charge >= 0.3 is 0 Å². The number of nitrogens with zero attached hydrogens (tertiary/aromatic N) is 2. The Kier molecular flexibility index (Phi) is 2.76. The van der Waals surface area contributed by atoms with Crippen molar-refractivity contribution in [2.45, 2.75) is 0 Å². The van der Waals surface area contributed by atoms with Crippen LogP contribution in [-0.4, -0.2) is 17.1 Å². The molecule has 2 rings (SSSR count). The van der Waals surface area contributed by atoms with Crippen LogP contribution in [-0.2, 0) is 0 Å². The summed E-state index contributed by atoms with van der Waals surface area (Å²) in [6.45, 7) is 0. The third-order valence-electron chi connectivity index (χ3n) is 2.01. The predicted molar refractivity (Wildman–Crippen MR) is 53.9 cm³/mol. The standard InChI is InChI=1S/C11H8F2N2O/c1-16-10-4-5-14-11(15-10)8-3-2-7(12)6-9(8)13/h2-6H,1H3. The van der Waals surface area contributed by atoms with Crippen molar-refractivity contribution >= 4 is 0 Å². The monoisotopic (exact) mass is 222 g/mol. The van der Waals surface area contributed by atoms with Crippen LogP contribution in [0, 0.1) is 11.6 Å². The second-order valence-corrected chi connectivity index (χ2v) is 3.05. The Labute approximate surface area is 90.7 Å². The molecule has 0 saturated heterocycles. The molecule has 0 radical (unpaired) electrons. The summed E-state index contributed by atoms with van der Waals surface area (Å²) in [6, 6.07) is 4.78. The maximum absolute atomic E-state index is 13.4. The molecule has 1 heterocycles. The molecular weight excluding hydrogens is 214 g/mol. The fraction of sp³-hybridized carbons (Fsp3) is 0.0909. The first-order valence-corrected chi connectivity index (χ1v) is 4.53. The number of aromatic nitrogens is 2. The van der Waals surface area contributed by atoms with E-state index in [1.54, 1.807) is 6.07 Å². The van der Waals surface area contributed by atoms with E-state index in [4.69, 9.17) is 4.74 Å². The van der Waals surface area contributed by atoms with Crippen LogP contribution in [0.3, 0.4) is 0 Å². The molecule has 5 heteroatoms. The molecule has 1 aromatic carbocycles. The fourth-order valence-electron chi connectivity index (χ4n) is 1.26. The lowest BCUT2D eigenvalue weighted by molar-refractivity contribution is 0.397. The van der Waals surface area contributed by atoms with Gasteiger partial charge in [-0.15, -0.1) is 0 Å². The number of hydrogen-bond acceptors (Lipinski definition) is 3. The van der Waals surface area contributed by atoms with Crippen LogP contribution in [0.25, 0.3) is 11.4 Å². The molecule has 3 nitrogen and oxygen atoms in total. The van der Waals surface area contributed by atoms with Gasteiger partial charge in [-0.1, -0.05) is 0 Å². The summed E-state index contributed by atoms with van der Waals surface area (Å²) in [6.07, 6.45) is 1.45. The molecule has 0 aliphatic rings. The van der Waals surface area contributed by atoms with E-state index >= 15 is 0 Å². The first kappa shape index (κ1) is 10.5. The molecule has 0 N–H and O–H groups in total. The van der Waals surface area contributed by atoms with Gasteiger partial charge < -0.3 is 4.74 Å². The highest BCUT2D eigenvalue weighted by Gasteiger charge is 2.09. The van der Waals surface area contributed by atoms with Crippen molar-refractivity contribution in [3.05, 3.63) is 42.1 Å². The van der Waals surface area contributed by atoms with Gasteiger partial charge in [0.1, 0.15) is 11.6 Å². The minimum absolute atomic E-state index is 0.139. The van der Waals surface area contributed by atoms with Crippen LogP contribution in [0.2, 0.25) is 0 Å². The Bertz CT molecular complexity index is 517. The maximum atomic E-state index is 13.4. The summed E-state index contributed by atoms with van der Waals surface area (Å²) >= 11 is 0. The molecule has 2 aromatic rings. The Morgan fingerprint density at radius 3 is 2.69 bits per heavy atom. The normalized spacial score (nSPS) is 10.2. The van der Waals surface area contributed by atoms with Crippen molar-refractivity contribution in [2.75, 3.05) is 7.11 Å². The minimum atomic E-state index is -0.701. The van der Waals surface area contributed by atoms with Gasteiger partial charge in [-0.05, 0) is 12.1 Å². The van der Waals surface area contributed by atoms with Gasteiger partial charge in [0, 0.05) is 18.3 Å². The molecule has 0 aliphatic heterocycles. The van der Waals surface area contributed by atoms with Gasteiger partial charge in [-0.2, -0.15) is 4.98 Å². The highest BCUT2D eigenvalue weighted by atomic mass is 19.1. The molecule has 0 aliphatic carbocycles. The molecule has 82 valence electrons. The summed E-state index contributed by atoms with van der Waals surface area (Å²) in [5.41, 5.74) is 0.139. The Morgan fingerprint density at radius 1 is 1.19 bits per heavy atom. The zero-order chi connectivity index (χ0) is 11.5. The number of methoxy groups -OCH3 is 1. The van der Waals surface area contributed by atoms with Gasteiger partial charge in [0.15, 0.2) is 5.82 Å². The second-order valence-electron chi connectivity index (χ2n) is 3.05. The Balaban J connectivity index is 2.49. The average Bonchev–Trinajstić information content (AvgIpc) is 2.29. The smallest absolute Gasteiger partial charge is 0.216 e. The van der Waals surface area contributed by atoms with Crippen LogP contribution in [0.4, 0.5) is 8.78 Å². The molecule has 1 aromatic heterocycles. The van der Waals surface area contributed by atoms with Crippen LogP contribution in [0.5, 0.6) is 5.88 Å². The van der Waals surface area contributed by atoms with Crippen molar-refractivity contribution in [1.29, 1.82) is 0 Å². The van der Waals surface area contributed by atoms with Gasteiger partial charge in [-0.3, -0.25) is 0 Å². The van der Waals surface area contributed by atoms with E-state index in [0.717, 1.165) is 12.1 Å². The first-order chi connectivity index (χ1) is 7.70. The number of hydrogen-bond donors (Lipinski definition) is 0. The van der Waals surface area contributed by atoms with E-state index in [1.807, 2.05) is 0 Å². The number of benzene rings is 1. The van der Waals surface area contributed by atoms with E-state index in [1.165, 1.54) is 19.4 Å². The molecule has 0 bridgehead atoms. The van der Waals surface area contributed by atoms with Crippen LogP contribution in [0.15, 0.2) is 30.5 Å². The van der Waals surface area contributed by atoms with Gasteiger partial charge in [-0.25, -0.2) is 13.8 Å². The molecule has 0 unspecified atom stereocenters. The molecular formula is C11H8F2N2O. The van der Waals surface area contributed by atoms with E-state index in [2.05, 4.69) is 9.97 Å². The summed E-state index contributed by atoms with van der Waals surface area (Å²) in [7, 11) is 1.45. The largest absolute Gasteiger partial charge is 0.481 e. The van der Waals surface area contributed by atoms with Crippen molar-refractivity contribution in [3.8, 4) is 17.3 Å². The topological polar surface area (TPSA) is 35.0 Å². The zero-order valence-electron chi connectivity index (χ0n) is 8.45. The summed E-state index contributed by atoms with van der Waals surface area (Å²) in [5.74, 6) is -0.844. The van der Waals surface area contributed by atoms with Crippen LogP contribution < -0.4 is 4.74 Å². The SMILES string of the molecule is COc1ccnc(-c2ccc(F)cc2F)n1. The highest BCUT2D eigenvalue weighted by molar-refractivity contribution is 5.55. The Hall–Kier alpha value is -2.04. The molecule has 0 spiro atoms. The molecule has 0 fully saturated rings. The van der Waals surface area contributed by atoms with Crippen LogP contribution in [0.1, 0.15) is 0 Å². The second kappa shape index (κ2) is 4.22. The third kappa shape index (κ3) is 1.98. The quantitative estimate of drug-likeness (QED) is 0.782. The number of ether oxygens (including phenoxy) is 1. The lowest BCUT2D eigenvalue weighted by atomic mass is 10.2. The molecule has 0 amide bonds. The molecule has 16 heavy (non-hydrogen) atoms. The third-order valence-corrected chi connectivity index (χ3v) is 2.01. The predicted octanol–water partition coefficient (Wildman–Crippen LogP) is 2.43. The average molecular weight is 222 g/mol. The maximum Gasteiger partial charge on any atom is 0.216 e. The number of rotatable bonds is 2. The minimum Gasteiger partial charge on any atom is -0.481 e. The zero-order valence-corrected chi connectivity index (χ0v) is 8.45. The van der Waals surface area contributed by atoms with Crippen molar-refractivity contribution in [2.24, 2.45) is 0 Å². The van der Waals surface area contributed by atoms with Crippen LogP contribution >= 0.6 is 0 Å². The number of halogens is 2. The van der Waals surface area contributed by atoms with E-state index in [9.17, 15) is 8.78 Å². The molecule has 0 saturated carbocycles. The summed E-state index contributed by atoms with van der Waals surface area (Å²) in [5, 5.41) is 0. The lowest BCUT2D eigenvalue weighted by Gasteiger charge is -2.03. The van der Waals surface area contributed by atoms with E-state index in [-0.39, 0.29) is 11.4 Å². The first-order valence-electron chi connectivity index (χ1n) is 4.53. The summed E-state index contributed by atoms with van der Waals surface area (Å²) in [4.78, 5) is 7.85. The van der Waals surface area contributed by atoms with E-state index < -0.39 is 11.6 Å². The van der Waals surface area contributed by atoms with Crippen molar-refractivity contribution in [3.63, 3.8) is 0 Å². The lowest BCUT2D eigenvalue weighted by Crippen LogP contribution is -1.95. The molecule has 0 atom stereocenters. The van der Waals surface area contributed by atoms with E-state index in [0.29, 0.717) is 5.88 Å². The van der Waals surface area contributed by atoms with Gasteiger partial charge in [0.25, 0.3) is 0 Å². The fourth-order valence-corrected chi connectivity index (χ4v) is 1.26. The Morgan fingerprint density at radius 2 is 2.00 bits per heavy atom. The highest BCUT2D eigenvalue weighted by Crippen LogP contribution is 2.21. The van der Waals surface area contributed by atoms with Gasteiger partial charge in [0.2, 0.25) is 5.88 Å². The van der Waals surface area contributed by atoms with Gasteiger partial charge in [0.05, 0.1) is 12.7 Å².